The lowest BCUT2D eigenvalue weighted by molar-refractivity contribution is 0.268. The fraction of sp³-hybridized carbons (Fsp3) is 0.545. The van der Waals surface area contributed by atoms with Gasteiger partial charge in [-0.05, 0) is 69.6 Å². The zero-order valence-electron chi connectivity index (χ0n) is 17.4. The molecule has 1 fully saturated rings. The largest absolute Gasteiger partial charge is 0.269 e. The molecule has 156 valence electrons. The van der Waals surface area contributed by atoms with Crippen LogP contribution in [0.2, 0.25) is 0 Å². The van der Waals surface area contributed by atoms with E-state index in [0.29, 0.717) is 11.4 Å². The number of rotatable bonds is 3. The Morgan fingerprint density at radius 3 is 2.52 bits per heavy atom. The van der Waals surface area contributed by atoms with Gasteiger partial charge in [0.05, 0.1) is 10.6 Å². The van der Waals surface area contributed by atoms with Crippen molar-refractivity contribution in [3.05, 3.63) is 45.2 Å². The van der Waals surface area contributed by atoms with E-state index in [9.17, 15) is 13.2 Å². The summed E-state index contributed by atoms with van der Waals surface area (Å²) in [6.45, 7) is 4.40. The van der Waals surface area contributed by atoms with E-state index in [1.807, 2.05) is 26.0 Å². The van der Waals surface area contributed by atoms with E-state index in [2.05, 4.69) is 5.10 Å². The third kappa shape index (κ3) is 3.55. The molecule has 1 aliphatic heterocycles. The van der Waals surface area contributed by atoms with E-state index < -0.39 is 10.0 Å². The smallest absolute Gasteiger partial charge is 0.268 e. The molecule has 0 bridgehead atoms. The highest BCUT2D eigenvalue weighted by Crippen LogP contribution is 2.33. The van der Waals surface area contributed by atoms with Crippen LogP contribution in [0.25, 0.3) is 11.3 Å². The molecule has 1 aromatic carbocycles. The molecule has 1 aliphatic carbocycles. The highest BCUT2D eigenvalue weighted by molar-refractivity contribution is 7.89. The Morgan fingerprint density at radius 1 is 1.07 bits per heavy atom. The average Bonchev–Trinajstić information content (AvgIpc) is 2.71. The van der Waals surface area contributed by atoms with E-state index in [-0.39, 0.29) is 11.6 Å². The van der Waals surface area contributed by atoms with Crippen LogP contribution < -0.4 is 5.56 Å². The molecular formula is C22H29N3O3S. The first-order valence-corrected chi connectivity index (χ1v) is 12.0. The van der Waals surface area contributed by atoms with E-state index in [0.717, 1.165) is 72.9 Å². The van der Waals surface area contributed by atoms with Crippen molar-refractivity contribution in [2.45, 2.75) is 69.7 Å². The molecule has 2 aliphatic rings. The fourth-order valence-corrected chi connectivity index (χ4v) is 6.62. The maximum atomic E-state index is 13.5. The molecule has 2 aromatic rings. The number of aryl methyl sites for hydroxylation is 2. The molecule has 0 spiro atoms. The Hall–Kier alpha value is -1.99. The summed E-state index contributed by atoms with van der Waals surface area (Å²) >= 11 is 0. The molecule has 1 saturated heterocycles. The SMILES string of the molecule is Cc1ccc(-c2nn(C)c(=O)c3c2CCCC3)cc1S(=O)(=O)N1CCCC[C@@H]1C. The Bertz CT molecular complexity index is 1110. The molecule has 0 N–H and O–H groups in total. The second-order valence-electron chi connectivity index (χ2n) is 8.38. The number of hydrogen-bond acceptors (Lipinski definition) is 4. The normalized spacial score (nSPS) is 20.4. The maximum Gasteiger partial charge on any atom is 0.269 e. The Labute approximate surface area is 172 Å². The lowest BCUT2D eigenvalue weighted by atomic mass is 9.89. The van der Waals surface area contributed by atoms with Crippen molar-refractivity contribution in [1.82, 2.24) is 14.1 Å². The summed E-state index contributed by atoms with van der Waals surface area (Å²) in [6, 6.07) is 5.56. The summed E-state index contributed by atoms with van der Waals surface area (Å²) in [4.78, 5) is 12.9. The van der Waals surface area contributed by atoms with Crippen molar-refractivity contribution in [3.63, 3.8) is 0 Å². The molecule has 1 atom stereocenters. The Morgan fingerprint density at radius 2 is 1.79 bits per heavy atom. The van der Waals surface area contributed by atoms with Gasteiger partial charge in [-0.15, -0.1) is 0 Å². The number of benzene rings is 1. The first-order valence-electron chi connectivity index (χ1n) is 10.5. The molecular weight excluding hydrogens is 386 g/mol. The lowest BCUT2D eigenvalue weighted by Gasteiger charge is -2.32. The van der Waals surface area contributed by atoms with Gasteiger partial charge in [-0.2, -0.15) is 9.40 Å². The van der Waals surface area contributed by atoms with Crippen molar-refractivity contribution in [2.24, 2.45) is 7.05 Å². The third-order valence-electron chi connectivity index (χ3n) is 6.35. The van der Waals surface area contributed by atoms with Gasteiger partial charge in [0.2, 0.25) is 10.0 Å². The van der Waals surface area contributed by atoms with Crippen LogP contribution in [0.3, 0.4) is 0 Å². The van der Waals surface area contributed by atoms with Crippen molar-refractivity contribution >= 4 is 10.0 Å². The zero-order chi connectivity index (χ0) is 20.8. The van der Waals surface area contributed by atoms with Crippen LogP contribution in [-0.2, 0) is 29.9 Å². The summed E-state index contributed by atoms with van der Waals surface area (Å²) in [7, 11) is -1.91. The monoisotopic (exact) mass is 415 g/mol. The first kappa shape index (κ1) is 20.3. The van der Waals surface area contributed by atoms with Gasteiger partial charge >= 0.3 is 0 Å². The minimum Gasteiger partial charge on any atom is -0.268 e. The highest BCUT2D eigenvalue weighted by Gasteiger charge is 2.32. The van der Waals surface area contributed by atoms with Crippen molar-refractivity contribution in [1.29, 1.82) is 0 Å². The van der Waals surface area contributed by atoms with E-state index in [1.165, 1.54) is 4.68 Å². The molecule has 4 rings (SSSR count). The van der Waals surface area contributed by atoms with Crippen molar-refractivity contribution < 1.29 is 8.42 Å². The molecule has 7 heteroatoms. The molecule has 29 heavy (non-hydrogen) atoms. The molecule has 1 aromatic heterocycles. The van der Waals surface area contributed by atoms with Crippen molar-refractivity contribution in [2.75, 3.05) is 6.54 Å². The van der Waals surface area contributed by atoms with Gasteiger partial charge in [0.15, 0.2) is 0 Å². The Balaban J connectivity index is 1.85. The molecule has 0 amide bonds. The third-order valence-corrected chi connectivity index (χ3v) is 8.50. The van der Waals surface area contributed by atoms with Crippen molar-refractivity contribution in [3.8, 4) is 11.3 Å². The number of aromatic nitrogens is 2. The lowest BCUT2D eigenvalue weighted by Crippen LogP contribution is -2.42. The predicted octanol–water partition coefficient (Wildman–Crippen LogP) is 3.20. The minimum absolute atomic E-state index is 0.0141. The molecule has 2 heterocycles. The standard InChI is InChI=1S/C22H29N3O3S/c1-15-11-12-17(14-20(15)29(27,28)25-13-7-6-8-16(25)2)21-18-9-4-5-10-19(18)22(26)24(3)23-21/h11-12,14,16H,4-10,13H2,1-3H3/t16-/m0/s1. The average molecular weight is 416 g/mol. The summed E-state index contributed by atoms with van der Waals surface area (Å²) in [5.41, 5.74) is 4.03. The second-order valence-corrected chi connectivity index (χ2v) is 10.2. The number of piperidine rings is 1. The van der Waals surface area contributed by atoms with Crippen LogP contribution in [0.15, 0.2) is 27.9 Å². The number of fused-ring (bicyclic) bond motifs is 1. The minimum atomic E-state index is -3.57. The van der Waals surface area contributed by atoms with E-state index >= 15 is 0 Å². The number of sulfonamides is 1. The van der Waals surface area contributed by atoms with Gasteiger partial charge in [-0.3, -0.25) is 4.79 Å². The fourth-order valence-electron chi connectivity index (χ4n) is 4.67. The molecule has 0 unspecified atom stereocenters. The topological polar surface area (TPSA) is 72.3 Å². The van der Waals surface area contributed by atoms with Gasteiger partial charge in [0.25, 0.3) is 5.56 Å². The van der Waals surface area contributed by atoms with Gasteiger partial charge in [-0.1, -0.05) is 18.6 Å². The summed E-state index contributed by atoms with van der Waals surface area (Å²) in [5, 5.41) is 4.53. The predicted molar refractivity (Wildman–Crippen MR) is 113 cm³/mol. The first-order chi connectivity index (χ1) is 13.8. The second kappa shape index (κ2) is 7.69. The van der Waals surface area contributed by atoms with Gasteiger partial charge in [0, 0.05) is 30.8 Å². The van der Waals surface area contributed by atoms with Crippen LogP contribution in [0.4, 0.5) is 0 Å². The van der Waals surface area contributed by atoms with Crippen LogP contribution in [0, 0.1) is 6.92 Å². The van der Waals surface area contributed by atoms with Gasteiger partial charge in [-0.25, -0.2) is 13.1 Å². The van der Waals surface area contributed by atoms with Crippen LogP contribution in [0.5, 0.6) is 0 Å². The van der Waals surface area contributed by atoms with E-state index in [4.69, 9.17) is 0 Å². The maximum absolute atomic E-state index is 13.5. The van der Waals surface area contributed by atoms with E-state index in [1.54, 1.807) is 17.4 Å². The molecule has 0 saturated carbocycles. The number of hydrogen-bond donors (Lipinski definition) is 0. The van der Waals surface area contributed by atoms with Crippen LogP contribution >= 0.6 is 0 Å². The van der Waals surface area contributed by atoms with Gasteiger partial charge in [0.1, 0.15) is 0 Å². The summed E-state index contributed by atoms with van der Waals surface area (Å²) in [5.74, 6) is 0. The molecule has 6 nitrogen and oxygen atoms in total. The summed E-state index contributed by atoms with van der Waals surface area (Å²) < 4.78 is 30.0. The summed E-state index contributed by atoms with van der Waals surface area (Å²) in [6.07, 6.45) is 6.47. The quantitative estimate of drug-likeness (QED) is 0.772. The Kier molecular flexibility index (Phi) is 5.38. The van der Waals surface area contributed by atoms with Gasteiger partial charge < -0.3 is 0 Å². The highest BCUT2D eigenvalue weighted by atomic mass is 32.2. The number of nitrogens with zero attached hydrogens (tertiary/aromatic N) is 3. The van der Waals surface area contributed by atoms with Crippen LogP contribution in [0.1, 0.15) is 55.7 Å². The zero-order valence-corrected chi connectivity index (χ0v) is 18.3. The molecule has 0 radical (unpaired) electrons. The van der Waals surface area contributed by atoms with Crippen LogP contribution in [-0.4, -0.2) is 35.1 Å².